The summed E-state index contributed by atoms with van der Waals surface area (Å²) >= 11 is 3.50. The normalized spacial score (nSPS) is 13.3. The summed E-state index contributed by atoms with van der Waals surface area (Å²) in [6.45, 7) is 2.04. The minimum Gasteiger partial charge on any atom is -0.350 e. The summed E-state index contributed by atoms with van der Waals surface area (Å²) in [7, 11) is 2.07. The average Bonchev–Trinajstić information content (AvgIpc) is 2.42. The molecular formula is C12H15BrN2. The molecule has 0 aliphatic carbocycles. The van der Waals surface area contributed by atoms with Crippen molar-refractivity contribution in [2.24, 2.45) is 12.8 Å². The third-order valence-corrected chi connectivity index (χ3v) is 3.07. The molecule has 2 nitrogen and oxygen atoms in total. The maximum Gasteiger partial charge on any atom is 0.0481 e. The van der Waals surface area contributed by atoms with Gasteiger partial charge in [0, 0.05) is 34.7 Å². The Morgan fingerprint density at radius 3 is 2.87 bits per heavy atom. The number of halogens is 1. The van der Waals surface area contributed by atoms with E-state index in [1.165, 1.54) is 16.5 Å². The Morgan fingerprint density at radius 2 is 2.20 bits per heavy atom. The first-order chi connectivity index (χ1) is 7.08. The van der Waals surface area contributed by atoms with Crippen LogP contribution in [0.5, 0.6) is 0 Å². The van der Waals surface area contributed by atoms with E-state index in [0.717, 1.165) is 10.9 Å². The van der Waals surface area contributed by atoms with Crippen LogP contribution in [0.4, 0.5) is 0 Å². The van der Waals surface area contributed by atoms with Gasteiger partial charge in [0.1, 0.15) is 0 Å². The Balaban J connectivity index is 2.59. The van der Waals surface area contributed by atoms with Crippen molar-refractivity contribution < 1.29 is 0 Å². The van der Waals surface area contributed by atoms with Crippen molar-refractivity contribution in [1.29, 1.82) is 0 Å². The van der Waals surface area contributed by atoms with E-state index in [9.17, 15) is 0 Å². The average molecular weight is 267 g/mol. The molecular weight excluding hydrogens is 252 g/mol. The molecule has 0 amide bonds. The molecule has 80 valence electrons. The molecule has 1 aromatic heterocycles. The monoisotopic (exact) mass is 266 g/mol. The number of aryl methyl sites for hydroxylation is 1. The van der Waals surface area contributed by atoms with Gasteiger partial charge in [0.25, 0.3) is 0 Å². The van der Waals surface area contributed by atoms with E-state index in [-0.39, 0.29) is 6.04 Å². The second-order valence-corrected chi connectivity index (χ2v) is 5.02. The van der Waals surface area contributed by atoms with Gasteiger partial charge in [0.05, 0.1) is 0 Å². The third kappa shape index (κ3) is 2.08. The van der Waals surface area contributed by atoms with Gasteiger partial charge in [-0.25, -0.2) is 0 Å². The van der Waals surface area contributed by atoms with E-state index in [1.54, 1.807) is 0 Å². The van der Waals surface area contributed by atoms with E-state index < -0.39 is 0 Å². The van der Waals surface area contributed by atoms with Gasteiger partial charge >= 0.3 is 0 Å². The van der Waals surface area contributed by atoms with E-state index in [4.69, 9.17) is 5.73 Å². The van der Waals surface area contributed by atoms with E-state index in [2.05, 4.69) is 51.9 Å². The number of rotatable bonds is 2. The van der Waals surface area contributed by atoms with Gasteiger partial charge in [-0.2, -0.15) is 0 Å². The van der Waals surface area contributed by atoms with Crippen molar-refractivity contribution in [3.63, 3.8) is 0 Å². The van der Waals surface area contributed by atoms with Gasteiger partial charge in [-0.15, -0.1) is 0 Å². The summed E-state index contributed by atoms with van der Waals surface area (Å²) in [5, 5.41) is 1.30. The molecule has 2 rings (SSSR count). The molecule has 0 spiro atoms. The zero-order valence-electron chi connectivity index (χ0n) is 9.00. The lowest BCUT2D eigenvalue weighted by Gasteiger charge is -2.02. The van der Waals surface area contributed by atoms with Crippen LogP contribution < -0.4 is 5.73 Å². The van der Waals surface area contributed by atoms with Gasteiger partial charge in [-0.3, -0.25) is 0 Å². The molecule has 3 heteroatoms. The Labute approximate surface area is 98.2 Å². The summed E-state index contributed by atoms with van der Waals surface area (Å²) in [4.78, 5) is 0. The Hall–Kier alpha value is -0.800. The molecule has 1 unspecified atom stereocenters. The fourth-order valence-electron chi connectivity index (χ4n) is 1.96. The summed E-state index contributed by atoms with van der Waals surface area (Å²) in [6.07, 6.45) is 3.09. The summed E-state index contributed by atoms with van der Waals surface area (Å²) in [5.41, 5.74) is 8.42. The number of benzene rings is 1. The highest BCUT2D eigenvalue weighted by Gasteiger charge is 2.08. The first-order valence-electron chi connectivity index (χ1n) is 5.07. The van der Waals surface area contributed by atoms with Crippen LogP contribution in [0.2, 0.25) is 0 Å². The minimum atomic E-state index is 0.203. The van der Waals surface area contributed by atoms with Crippen LogP contribution in [0.3, 0.4) is 0 Å². The first kappa shape index (κ1) is 10.7. The van der Waals surface area contributed by atoms with Gasteiger partial charge in [-0.1, -0.05) is 15.9 Å². The molecule has 0 bridgehead atoms. The Bertz CT molecular complexity index is 486. The van der Waals surface area contributed by atoms with Crippen LogP contribution in [-0.4, -0.2) is 10.6 Å². The quantitative estimate of drug-likeness (QED) is 0.891. The second-order valence-electron chi connectivity index (χ2n) is 4.11. The van der Waals surface area contributed by atoms with Crippen molar-refractivity contribution in [1.82, 2.24) is 4.57 Å². The molecule has 15 heavy (non-hydrogen) atoms. The molecule has 1 aromatic carbocycles. The molecule has 0 fully saturated rings. The third-order valence-electron chi connectivity index (χ3n) is 2.58. The van der Waals surface area contributed by atoms with Crippen LogP contribution >= 0.6 is 15.9 Å². The van der Waals surface area contributed by atoms with E-state index >= 15 is 0 Å². The van der Waals surface area contributed by atoms with Crippen LogP contribution in [0, 0.1) is 0 Å². The molecule has 2 N–H and O–H groups in total. The van der Waals surface area contributed by atoms with Crippen LogP contribution in [0.15, 0.2) is 28.9 Å². The van der Waals surface area contributed by atoms with Crippen LogP contribution in [0.1, 0.15) is 12.5 Å². The Kier molecular flexibility index (Phi) is 2.85. The van der Waals surface area contributed by atoms with Crippen LogP contribution in [-0.2, 0) is 13.5 Å². The number of fused-ring (bicyclic) bond motifs is 1. The number of hydrogen-bond acceptors (Lipinski definition) is 1. The van der Waals surface area contributed by atoms with E-state index in [1.807, 2.05) is 6.92 Å². The largest absolute Gasteiger partial charge is 0.350 e. The standard InChI is InChI=1S/C12H15BrN2/c1-8(14)5-9-7-15(2)12-4-3-10(13)6-11(9)12/h3-4,6-8H,5,14H2,1-2H3. The SMILES string of the molecule is CC(N)Cc1cn(C)c2ccc(Br)cc12. The lowest BCUT2D eigenvalue weighted by atomic mass is 10.1. The molecule has 0 aliphatic rings. The maximum atomic E-state index is 5.84. The van der Waals surface area contributed by atoms with Gasteiger partial charge < -0.3 is 10.3 Å². The topological polar surface area (TPSA) is 30.9 Å². The van der Waals surface area contributed by atoms with E-state index in [0.29, 0.717) is 0 Å². The molecule has 1 heterocycles. The summed E-state index contributed by atoms with van der Waals surface area (Å²) in [5.74, 6) is 0. The van der Waals surface area contributed by atoms with Crippen molar-refractivity contribution >= 4 is 26.8 Å². The minimum absolute atomic E-state index is 0.203. The van der Waals surface area contributed by atoms with Crippen LogP contribution in [0.25, 0.3) is 10.9 Å². The summed E-state index contributed by atoms with van der Waals surface area (Å²) < 4.78 is 3.27. The molecule has 1 atom stereocenters. The molecule has 0 saturated heterocycles. The molecule has 2 aromatic rings. The van der Waals surface area contributed by atoms with Crippen molar-refractivity contribution in [3.8, 4) is 0 Å². The summed E-state index contributed by atoms with van der Waals surface area (Å²) in [6, 6.07) is 6.56. The predicted molar refractivity (Wildman–Crippen MR) is 68.0 cm³/mol. The maximum absolute atomic E-state index is 5.84. The van der Waals surface area contributed by atoms with Gasteiger partial charge in [-0.05, 0) is 37.1 Å². The molecule has 0 aliphatic heterocycles. The highest BCUT2D eigenvalue weighted by Crippen LogP contribution is 2.25. The van der Waals surface area contributed by atoms with Crippen molar-refractivity contribution in [2.45, 2.75) is 19.4 Å². The molecule has 0 radical (unpaired) electrons. The Morgan fingerprint density at radius 1 is 1.47 bits per heavy atom. The van der Waals surface area contributed by atoms with Gasteiger partial charge in [0.2, 0.25) is 0 Å². The zero-order valence-corrected chi connectivity index (χ0v) is 10.6. The lowest BCUT2D eigenvalue weighted by molar-refractivity contribution is 0.738. The number of hydrogen-bond donors (Lipinski definition) is 1. The van der Waals surface area contributed by atoms with Crippen molar-refractivity contribution in [2.75, 3.05) is 0 Å². The number of nitrogens with zero attached hydrogens (tertiary/aromatic N) is 1. The number of nitrogens with two attached hydrogens (primary N) is 1. The smallest absolute Gasteiger partial charge is 0.0481 e. The van der Waals surface area contributed by atoms with Crippen molar-refractivity contribution in [3.05, 3.63) is 34.4 Å². The first-order valence-corrected chi connectivity index (χ1v) is 5.86. The second kappa shape index (κ2) is 3.99. The fourth-order valence-corrected chi connectivity index (χ4v) is 2.32. The highest BCUT2D eigenvalue weighted by atomic mass is 79.9. The van der Waals surface area contributed by atoms with Gasteiger partial charge in [0.15, 0.2) is 0 Å². The lowest BCUT2D eigenvalue weighted by Crippen LogP contribution is -2.17. The highest BCUT2D eigenvalue weighted by molar-refractivity contribution is 9.10. The number of aromatic nitrogens is 1. The zero-order chi connectivity index (χ0) is 11.0. The predicted octanol–water partition coefficient (Wildman–Crippen LogP) is 2.83. The fraction of sp³-hybridized carbons (Fsp3) is 0.333. The molecule has 0 saturated carbocycles.